The van der Waals surface area contributed by atoms with Crippen LogP contribution in [-0.4, -0.2) is 28.8 Å². The Balaban J connectivity index is 2.09. The average molecular weight is 339 g/mol. The Morgan fingerprint density at radius 3 is 2.60 bits per heavy atom. The van der Waals surface area contributed by atoms with Crippen LogP contribution in [0.15, 0.2) is 61.2 Å². The van der Waals surface area contributed by atoms with Crippen molar-refractivity contribution in [3.05, 3.63) is 82.4 Å². The van der Waals surface area contributed by atoms with Crippen LogP contribution in [0.3, 0.4) is 0 Å². The second-order valence-corrected chi connectivity index (χ2v) is 5.72. The Morgan fingerprint density at radius 1 is 1.24 bits per heavy atom. The maximum atomic E-state index is 12.4. The van der Waals surface area contributed by atoms with Gasteiger partial charge in [0.15, 0.2) is 0 Å². The summed E-state index contributed by atoms with van der Waals surface area (Å²) in [6, 6.07) is 14.5. The molecule has 25 heavy (non-hydrogen) atoms. The Bertz CT molecular complexity index is 760. The number of nitrogens with one attached hydrogen (secondary N) is 1. The molecule has 0 radical (unpaired) electrons. The zero-order chi connectivity index (χ0) is 18.2. The van der Waals surface area contributed by atoms with Gasteiger partial charge in [-0.2, -0.15) is 0 Å². The molecule has 0 spiro atoms. The van der Waals surface area contributed by atoms with Gasteiger partial charge < -0.3 is 5.32 Å². The minimum Gasteiger partial charge on any atom is -0.319 e. The molecule has 1 amide bonds. The number of nitro benzene ring substituents is 1. The van der Waals surface area contributed by atoms with Crippen LogP contribution in [0, 0.1) is 17.0 Å². The van der Waals surface area contributed by atoms with Gasteiger partial charge in [0.1, 0.15) is 5.69 Å². The highest BCUT2D eigenvalue weighted by Gasteiger charge is 2.19. The van der Waals surface area contributed by atoms with Crippen molar-refractivity contribution in [2.75, 3.05) is 18.4 Å². The van der Waals surface area contributed by atoms with E-state index in [2.05, 4.69) is 11.9 Å². The molecule has 0 unspecified atom stereocenters. The quantitative estimate of drug-likeness (QED) is 0.453. The van der Waals surface area contributed by atoms with Crippen molar-refractivity contribution in [2.24, 2.45) is 0 Å². The Morgan fingerprint density at radius 2 is 1.96 bits per heavy atom. The van der Waals surface area contributed by atoms with E-state index in [-0.39, 0.29) is 23.8 Å². The molecule has 2 aromatic carbocycles. The number of nitrogens with zero attached hydrogens (tertiary/aromatic N) is 2. The lowest BCUT2D eigenvalue weighted by atomic mass is 10.1. The molecule has 0 bridgehead atoms. The van der Waals surface area contributed by atoms with Crippen molar-refractivity contribution >= 4 is 17.3 Å². The Hall–Kier alpha value is -2.99. The second-order valence-electron chi connectivity index (χ2n) is 5.72. The minimum atomic E-state index is -0.492. The summed E-state index contributed by atoms with van der Waals surface area (Å²) in [6.07, 6.45) is 1.73. The van der Waals surface area contributed by atoms with Crippen LogP contribution >= 0.6 is 0 Å². The van der Waals surface area contributed by atoms with Crippen LogP contribution in [0.1, 0.15) is 11.1 Å². The third-order valence-electron chi connectivity index (χ3n) is 3.72. The predicted molar refractivity (Wildman–Crippen MR) is 98.4 cm³/mol. The topological polar surface area (TPSA) is 75.5 Å². The number of anilines is 1. The number of amides is 1. The lowest BCUT2D eigenvalue weighted by Gasteiger charge is -2.20. The summed E-state index contributed by atoms with van der Waals surface area (Å²) in [5.41, 5.74) is 1.88. The van der Waals surface area contributed by atoms with Gasteiger partial charge in [0.25, 0.3) is 5.69 Å². The van der Waals surface area contributed by atoms with Crippen LogP contribution in [-0.2, 0) is 11.3 Å². The van der Waals surface area contributed by atoms with Gasteiger partial charge in [-0.25, -0.2) is 0 Å². The highest BCUT2D eigenvalue weighted by Crippen LogP contribution is 2.27. The molecule has 2 aromatic rings. The van der Waals surface area contributed by atoms with Crippen LogP contribution in [0.5, 0.6) is 0 Å². The van der Waals surface area contributed by atoms with E-state index in [9.17, 15) is 14.9 Å². The summed E-state index contributed by atoms with van der Waals surface area (Å²) in [4.78, 5) is 25.0. The van der Waals surface area contributed by atoms with Crippen molar-refractivity contribution in [1.82, 2.24) is 4.90 Å². The van der Waals surface area contributed by atoms with E-state index < -0.39 is 4.92 Å². The normalized spacial score (nSPS) is 10.5. The van der Waals surface area contributed by atoms with Gasteiger partial charge in [-0.3, -0.25) is 19.8 Å². The van der Waals surface area contributed by atoms with Crippen molar-refractivity contribution in [1.29, 1.82) is 0 Å². The molecule has 0 fully saturated rings. The largest absolute Gasteiger partial charge is 0.319 e. The fraction of sp³-hybridized carbons (Fsp3) is 0.211. The molecule has 1 N–H and O–H groups in total. The first-order valence-electron chi connectivity index (χ1n) is 7.92. The summed E-state index contributed by atoms with van der Waals surface area (Å²) in [7, 11) is 0. The van der Waals surface area contributed by atoms with Gasteiger partial charge in [0, 0.05) is 19.2 Å². The highest BCUT2D eigenvalue weighted by molar-refractivity contribution is 5.95. The van der Waals surface area contributed by atoms with E-state index in [1.807, 2.05) is 35.2 Å². The molecule has 0 atom stereocenters. The number of para-hydroxylation sites is 1. The standard InChI is InChI=1S/C19H21N3O3/c1-3-12-21(13-16-9-5-4-6-10-16)14-18(23)20-19-15(2)8-7-11-17(19)22(24)25/h3-11H,1,12-14H2,2H3,(H,20,23). The van der Waals surface area contributed by atoms with Crippen molar-refractivity contribution in [3.8, 4) is 0 Å². The molecule has 0 aliphatic rings. The summed E-state index contributed by atoms with van der Waals surface area (Å²) < 4.78 is 0. The Labute approximate surface area is 146 Å². The SMILES string of the molecule is C=CCN(CC(=O)Nc1c(C)cccc1[N+](=O)[O-])Cc1ccccc1. The third-order valence-corrected chi connectivity index (χ3v) is 3.72. The van der Waals surface area contributed by atoms with E-state index in [0.717, 1.165) is 5.56 Å². The zero-order valence-corrected chi connectivity index (χ0v) is 14.1. The van der Waals surface area contributed by atoms with Crippen molar-refractivity contribution < 1.29 is 9.72 Å². The van der Waals surface area contributed by atoms with E-state index in [1.165, 1.54) is 6.07 Å². The first-order chi connectivity index (χ1) is 12.0. The molecule has 0 aromatic heterocycles. The van der Waals surface area contributed by atoms with Gasteiger partial charge in [-0.1, -0.05) is 48.5 Å². The molecular weight excluding hydrogens is 318 g/mol. The molecule has 0 aliphatic carbocycles. The second kappa shape index (κ2) is 8.75. The van der Waals surface area contributed by atoms with Crippen LogP contribution < -0.4 is 5.32 Å². The molecule has 130 valence electrons. The monoisotopic (exact) mass is 339 g/mol. The molecule has 6 nitrogen and oxygen atoms in total. The fourth-order valence-electron chi connectivity index (χ4n) is 2.56. The number of hydrogen-bond acceptors (Lipinski definition) is 4. The number of aryl methyl sites for hydroxylation is 1. The first-order valence-corrected chi connectivity index (χ1v) is 7.92. The minimum absolute atomic E-state index is 0.105. The number of carbonyl (C=O) groups excluding carboxylic acids is 1. The van der Waals surface area contributed by atoms with Crippen LogP contribution in [0.25, 0.3) is 0 Å². The maximum absolute atomic E-state index is 12.4. The number of nitro groups is 1. The van der Waals surface area contributed by atoms with Gasteiger partial charge in [0.2, 0.25) is 5.91 Å². The number of rotatable bonds is 8. The van der Waals surface area contributed by atoms with E-state index in [4.69, 9.17) is 0 Å². The summed E-state index contributed by atoms with van der Waals surface area (Å²) in [5.74, 6) is -0.296. The van der Waals surface area contributed by atoms with Gasteiger partial charge >= 0.3 is 0 Å². The molecule has 6 heteroatoms. The molecule has 0 saturated heterocycles. The molecule has 0 saturated carbocycles. The summed E-state index contributed by atoms with van der Waals surface area (Å²) in [5, 5.41) is 13.8. The van der Waals surface area contributed by atoms with Gasteiger partial charge in [0.05, 0.1) is 11.5 Å². The Kier molecular flexibility index (Phi) is 6.42. The van der Waals surface area contributed by atoms with Crippen molar-refractivity contribution in [3.63, 3.8) is 0 Å². The molecular formula is C19H21N3O3. The van der Waals surface area contributed by atoms with Crippen LogP contribution in [0.2, 0.25) is 0 Å². The molecule has 0 heterocycles. The fourth-order valence-corrected chi connectivity index (χ4v) is 2.56. The average Bonchev–Trinajstić information content (AvgIpc) is 2.57. The summed E-state index contributed by atoms with van der Waals surface area (Å²) >= 11 is 0. The summed E-state index contributed by atoms with van der Waals surface area (Å²) in [6.45, 7) is 6.70. The number of benzene rings is 2. The smallest absolute Gasteiger partial charge is 0.293 e. The lowest BCUT2D eigenvalue weighted by molar-refractivity contribution is -0.384. The zero-order valence-electron chi connectivity index (χ0n) is 14.1. The van der Waals surface area contributed by atoms with E-state index in [0.29, 0.717) is 18.7 Å². The van der Waals surface area contributed by atoms with Crippen LogP contribution in [0.4, 0.5) is 11.4 Å². The van der Waals surface area contributed by atoms with E-state index in [1.54, 1.807) is 25.1 Å². The molecule has 2 rings (SSSR count). The first kappa shape index (κ1) is 18.4. The highest BCUT2D eigenvalue weighted by atomic mass is 16.6. The van der Waals surface area contributed by atoms with E-state index >= 15 is 0 Å². The lowest BCUT2D eigenvalue weighted by Crippen LogP contribution is -2.33. The maximum Gasteiger partial charge on any atom is 0.293 e. The van der Waals surface area contributed by atoms with Gasteiger partial charge in [-0.05, 0) is 18.1 Å². The van der Waals surface area contributed by atoms with Gasteiger partial charge in [-0.15, -0.1) is 6.58 Å². The van der Waals surface area contributed by atoms with Crippen molar-refractivity contribution in [2.45, 2.75) is 13.5 Å². The predicted octanol–water partition coefficient (Wildman–Crippen LogP) is 3.53. The molecule has 0 aliphatic heterocycles. The third kappa shape index (κ3) is 5.26. The number of hydrogen-bond donors (Lipinski definition) is 1. The number of carbonyl (C=O) groups is 1.